The second-order valence-electron chi connectivity index (χ2n) is 17.8. The van der Waals surface area contributed by atoms with Crippen LogP contribution in [-0.4, -0.2) is 18.2 Å². The molecular formula is C64H44N4. The van der Waals surface area contributed by atoms with Gasteiger partial charge in [-0.3, -0.25) is 0 Å². The van der Waals surface area contributed by atoms with Gasteiger partial charge in [0.05, 0.1) is 0 Å². The second-order valence-corrected chi connectivity index (χ2v) is 17.8. The zero-order chi connectivity index (χ0) is 45.0. The summed E-state index contributed by atoms with van der Waals surface area (Å²) in [5.41, 5.74) is 12.2. The first kappa shape index (κ1) is 39.5. The zero-order valence-corrected chi connectivity index (χ0v) is 37.2. The van der Waals surface area contributed by atoms with Crippen molar-refractivity contribution in [1.29, 1.82) is 0 Å². The molecule has 0 bridgehead atoms. The average Bonchev–Trinajstić information content (AvgIpc) is 3.42. The van der Waals surface area contributed by atoms with Crippen molar-refractivity contribution in [3.8, 4) is 33.4 Å². The van der Waals surface area contributed by atoms with Crippen molar-refractivity contribution in [3.63, 3.8) is 0 Å². The highest BCUT2D eigenvalue weighted by Gasteiger charge is 2.23. The fourth-order valence-electron chi connectivity index (χ4n) is 10.2. The molecule has 1 unspecified atom stereocenters. The van der Waals surface area contributed by atoms with Crippen molar-refractivity contribution in [2.75, 3.05) is 6.54 Å². The van der Waals surface area contributed by atoms with Gasteiger partial charge in [-0.1, -0.05) is 194 Å². The lowest BCUT2D eigenvalue weighted by Crippen LogP contribution is -2.37. The van der Waals surface area contributed by atoms with E-state index in [1.165, 1.54) is 59.3 Å². The number of fused-ring (bicyclic) bond motifs is 6. The molecule has 0 radical (unpaired) electrons. The summed E-state index contributed by atoms with van der Waals surface area (Å²) < 4.78 is 0. The van der Waals surface area contributed by atoms with Crippen molar-refractivity contribution in [2.24, 2.45) is 9.98 Å². The predicted octanol–water partition coefficient (Wildman–Crippen LogP) is 13.3. The van der Waals surface area contributed by atoms with Gasteiger partial charge in [-0.25, -0.2) is 9.98 Å². The molecule has 0 fully saturated rings. The van der Waals surface area contributed by atoms with Crippen LogP contribution in [0.25, 0.3) is 88.2 Å². The molecule has 1 atom stereocenters. The Kier molecular flexibility index (Phi) is 9.61. The molecule has 4 nitrogen and oxygen atoms in total. The van der Waals surface area contributed by atoms with E-state index in [4.69, 9.17) is 9.98 Å². The lowest BCUT2D eigenvalue weighted by molar-refractivity contribution is 0.675. The molecule has 2 aliphatic rings. The van der Waals surface area contributed by atoms with Crippen molar-refractivity contribution in [1.82, 2.24) is 10.6 Å². The normalized spacial score (nSPS) is 14.5. The molecule has 0 aliphatic carbocycles. The number of rotatable bonds is 7. The van der Waals surface area contributed by atoms with Gasteiger partial charge in [0.1, 0.15) is 12.0 Å². The largest absolute Gasteiger partial charge is 0.381 e. The van der Waals surface area contributed by atoms with E-state index in [1.807, 2.05) is 0 Å². The van der Waals surface area contributed by atoms with Crippen LogP contribution in [-0.2, 0) is 0 Å². The second kappa shape index (κ2) is 16.5. The Hall–Kier alpha value is -8.86. The van der Waals surface area contributed by atoms with E-state index >= 15 is 0 Å². The maximum Gasteiger partial charge on any atom is 0.159 e. The van der Waals surface area contributed by atoms with E-state index in [-0.39, 0.29) is 6.17 Å². The summed E-state index contributed by atoms with van der Waals surface area (Å²) >= 11 is 0. The fraction of sp³-hybridized carbons (Fsp3) is 0.0312. The Labute approximate surface area is 394 Å². The first-order chi connectivity index (χ1) is 33.6. The zero-order valence-electron chi connectivity index (χ0n) is 37.2. The van der Waals surface area contributed by atoms with Gasteiger partial charge >= 0.3 is 0 Å². The van der Waals surface area contributed by atoms with Gasteiger partial charge < -0.3 is 10.6 Å². The molecule has 0 amide bonds. The van der Waals surface area contributed by atoms with Crippen LogP contribution in [0.1, 0.15) is 28.4 Å². The summed E-state index contributed by atoms with van der Waals surface area (Å²) in [5.74, 6) is 1.46. The first-order valence-corrected chi connectivity index (χ1v) is 23.4. The molecule has 2 N–H and O–H groups in total. The van der Waals surface area contributed by atoms with E-state index in [1.54, 1.807) is 0 Å². The molecule has 0 aromatic heterocycles. The SMILES string of the molecule is C1=c2ccccc2=C(c2cccc(-c3cc(C4=NC(c5ccc6ccccc6c5)=NC(c5ccc6ccccc6c5)N4)cc(-c4ccc(-c5cc6ccccc6c6ccccc56)cc4)c3)c2)NC1. The standard InChI is InChI=1S/C64H44N4/c1-3-15-46-35-51(30-26-41(46)12-1)62-66-63(52-31-27-42-13-2-4-16-47(42)36-52)68-64(67-62)55-38-53(37-54(39-55)48-18-11-19-50(34-48)61-57-21-8-5-14-44(57)32-33-65-61)43-24-28-45(29-25-43)60-40-49-17-6-7-20-56(49)58-22-9-10-23-59(58)60/h1-32,34-40,62,65H,33H2,(H,66,67,68). The maximum atomic E-state index is 5.40. The summed E-state index contributed by atoms with van der Waals surface area (Å²) in [5, 5.41) is 19.7. The van der Waals surface area contributed by atoms with Gasteiger partial charge in [0.25, 0.3) is 0 Å². The number of nitrogens with zero attached hydrogens (tertiary/aromatic N) is 2. The third-order valence-electron chi connectivity index (χ3n) is 13.7. The Morgan fingerprint density at radius 3 is 1.81 bits per heavy atom. The van der Waals surface area contributed by atoms with Gasteiger partial charge in [-0.05, 0) is 135 Å². The van der Waals surface area contributed by atoms with Crippen LogP contribution in [0.15, 0.2) is 241 Å². The third-order valence-corrected chi connectivity index (χ3v) is 13.7. The fourth-order valence-corrected chi connectivity index (χ4v) is 10.2. The third kappa shape index (κ3) is 7.20. The van der Waals surface area contributed by atoms with Gasteiger partial charge in [0.15, 0.2) is 5.84 Å². The van der Waals surface area contributed by atoms with Crippen LogP contribution in [0.2, 0.25) is 0 Å². The molecule has 0 saturated heterocycles. The minimum Gasteiger partial charge on any atom is -0.381 e. The Morgan fingerprint density at radius 2 is 0.985 bits per heavy atom. The monoisotopic (exact) mass is 868 g/mol. The van der Waals surface area contributed by atoms with Crippen LogP contribution in [0, 0.1) is 0 Å². The van der Waals surface area contributed by atoms with Gasteiger partial charge in [-0.2, -0.15) is 0 Å². The molecule has 4 heteroatoms. The van der Waals surface area contributed by atoms with E-state index in [0.717, 1.165) is 68.0 Å². The predicted molar refractivity (Wildman–Crippen MR) is 285 cm³/mol. The van der Waals surface area contributed by atoms with Crippen molar-refractivity contribution in [2.45, 2.75) is 6.17 Å². The van der Waals surface area contributed by atoms with Crippen molar-refractivity contribution in [3.05, 3.63) is 263 Å². The smallest absolute Gasteiger partial charge is 0.159 e. The molecule has 11 aromatic carbocycles. The number of benzene rings is 11. The first-order valence-electron chi connectivity index (χ1n) is 23.4. The van der Waals surface area contributed by atoms with Crippen LogP contribution < -0.4 is 21.1 Å². The number of nitrogens with one attached hydrogen (secondary N) is 2. The van der Waals surface area contributed by atoms with Crippen molar-refractivity contribution < 1.29 is 0 Å². The molecule has 2 aliphatic heterocycles. The minimum atomic E-state index is -0.370. The molecule has 68 heavy (non-hydrogen) atoms. The van der Waals surface area contributed by atoms with E-state index in [2.05, 4.69) is 247 Å². The Morgan fingerprint density at radius 1 is 0.382 bits per heavy atom. The average molecular weight is 869 g/mol. The van der Waals surface area contributed by atoms with Gasteiger partial charge in [0.2, 0.25) is 0 Å². The lowest BCUT2D eigenvalue weighted by atomic mass is 9.91. The van der Waals surface area contributed by atoms with E-state index in [9.17, 15) is 0 Å². The number of aliphatic imine (C=N–C) groups is 2. The van der Waals surface area contributed by atoms with Crippen LogP contribution in [0.3, 0.4) is 0 Å². The van der Waals surface area contributed by atoms with Crippen LogP contribution in [0.5, 0.6) is 0 Å². The lowest BCUT2D eigenvalue weighted by Gasteiger charge is -2.25. The van der Waals surface area contributed by atoms with Crippen LogP contribution in [0.4, 0.5) is 0 Å². The summed E-state index contributed by atoms with van der Waals surface area (Å²) in [4.78, 5) is 10.7. The number of hydrogen-bond acceptors (Lipinski definition) is 4. The maximum absolute atomic E-state index is 5.40. The topological polar surface area (TPSA) is 48.8 Å². The summed E-state index contributed by atoms with van der Waals surface area (Å²) in [7, 11) is 0. The molecule has 320 valence electrons. The number of amidine groups is 2. The highest BCUT2D eigenvalue weighted by molar-refractivity contribution is 6.15. The highest BCUT2D eigenvalue weighted by Crippen LogP contribution is 2.37. The minimum absolute atomic E-state index is 0.370. The highest BCUT2D eigenvalue weighted by atomic mass is 15.2. The van der Waals surface area contributed by atoms with Gasteiger partial charge in [-0.15, -0.1) is 0 Å². The van der Waals surface area contributed by atoms with Gasteiger partial charge in [0, 0.05) is 28.6 Å². The Balaban J connectivity index is 0.972. The van der Waals surface area contributed by atoms with E-state index < -0.39 is 0 Å². The molecule has 0 spiro atoms. The van der Waals surface area contributed by atoms with Crippen molar-refractivity contribution >= 4 is 66.5 Å². The van der Waals surface area contributed by atoms with Crippen LogP contribution >= 0.6 is 0 Å². The quantitative estimate of drug-likeness (QED) is 0.157. The Bertz CT molecular complexity index is 4010. The summed E-state index contributed by atoms with van der Waals surface area (Å²) in [6, 6.07) is 83.4. The van der Waals surface area contributed by atoms with E-state index in [0.29, 0.717) is 5.84 Å². The molecule has 13 rings (SSSR count). The molecule has 2 heterocycles. The molecule has 0 saturated carbocycles. The molecular weight excluding hydrogens is 825 g/mol. The summed E-state index contributed by atoms with van der Waals surface area (Å²) in [6.45, 7) is 0.784. The summed E-state index contributed by atoms with van der Waals surface area (Å²) in [6.07, 6.45) is 1.88. The molecule has 11 aromatic rings. The number of hydrogen-bond donors (Lipinski definition) is 2.